The number of fused-ring (bicyclic) bond motifs is 1. The molecule has 2 aliphatic rings. The number of oxime groups is 1. The lowest BCUT2D eigenvalue weighted by atomic mass is 9.77. The maximum absolute atomic E-state index is 13.6. The van der Waals surface area contributed by atoms with Crippen molar-refractivity contribution >= 4 is 57.7 Å². The Labute approximate surface area is 290 Å². The molecule has 252 valence electrons. The number of hydrogen-bond donors (Lipinski definition) is 3. The van der Waals surface area contributed by atoms with Crippen molar-refractivity contribution in [3.05, 3.63) is 119 Å². The van der Waals surface area contributed by atoms with Gasteiger partial charge in [0.05, 0.1) is 0 Å². The predicted octanol–water partition coefficient (Wildman–Crippen LogP) is 3.93. The van der Waals surface area contributed by atoms with Gasteiger partial charge in [0.1, 0.15) is 41.8 Å². The van der Waals surface area contributed by atoms with Crippen LogP contribution >= 0.6 is 23.1 Å². The Morgan fingerprint density at radius 3 is 2.08 bits per heavy atom. The molecule has 0 spiro atoms. The molecule has 3 heterocycles. The van der Waals surface area contributed by atoms with E-state index in [-0.39, 0.29) is 30.3 Å². The predicted molar refractivity (Wildman–Crippen MR) is 185 cm³/mol. The first-order valence-electron chi connectivity index (χ1n) is 15.3. The molecule has 6 rings (SSSR count). The number of thioether (sulfide) groups is 1. The third-order valence-electron chi connectivity index (χ3n) is 8.50. The topological polar surface area (TPSA) is 160 Å². The number of amides is 2. The number of carboxylic acid groups (broad SMARTS) is 1. The highest BCUT2D eigenvalue weighted by atomic mass is 32.2. The van der Waals surface area contributed by atoms with Crippen molar-refractivity contribution in [1.82, 2.24) is 15.2 Å². The van der Waals surface area contributed by atoms with Crippen molar-refractivity contribution in [1.29, 1.82) is 0 Å². The second-order valence-electron chi connectivity index (χ2n) is 11.6. The van der Waals surface area contributed by atoms with E-state index >= 15 is 0 Å². The third kappa shape index (κ3) is 6.48. The number of ether oxygens (including phenoxy) is 1. The monoisotopic (exact) mass is 699 g/mol. The molecule has 1 aromatic heterocycles. The van der Waals surface area contributed by atoms with E-state index in [1.54, 1.807) is 5.38 Å². The van der Waals surface area contributed by atoms with E-state index in [9.17, 15) is 24.3 Å². The number of hydrogen-bond acceptors (Lipinski definition) is 11. The minimum Gasteiger partial charge on any atom is -0.481 e. The minimum absolute atomic E-state index is 0.0859. The maximum Gasteiger partial charge on any atom is 0.315 e. The lowest BCUT2D eigenvalue weighted by molar-refractivity contribution is -0.164. The van der Waals surface area contributed by atoms with Crippen LogP contribution in [0.1, 0.15) is 29.3 Å². The minimum atomic E-state index is -1.45. The zero-order chi connectivity index (χ0) is 34.6. The number of aromatic nitrogens is 1. The maximum atomic E-state index is 13.6. The van der Waals surface area contributed by atoms with E-state index in [0.29, 0.717) is 5.13 Å². The van der Waals surface area contributed by atoms with E-state index in [4.69, 9.17) is 14.6 Å². The number of carbonyl (C=O) groups excluding carboxylic acids is 3. The van der Waals surface area contributed by atoms with Crippen LogP contribution < -0.4 is 10.6 Å². The highest BCUT2D eigenvalue weighted by molar-refractivity contribution is 8.00. The zero-order valence-corrected chi connectivity index (χ0v) is 28.2. The van der Waals surface area contributed by atoms with Gasteiger partial charge in [-0.1, -0.05) is 96.2 Å². The molecule has 2 aliphatic heterocycles. The van der Waals surface area contributed by atoms with Crippen LogP contribution in [0.4, 0.5) is 5.13 Å². The molecule has 4 aromatic rings. The molecule has 0 radical (unpaired) electrons. The summed E-state index contributed by atoms with van der Waals surface area (Å²) in [5.74, 6) is -2.81. The van der Waals surface area contributed by atoms with Crippen molar-refractivity contribution < 1.29 is 33.9 Å². The summed E-state index contributed by atoms with van der Waals surface area (Å²) in [4.78, 5) is 61.5. The molecule has 0 bridgehead atoms. The fraction of sp³-hybridized carbons (Fsp3) is 0.257. The Bertz CT molecular complexity index is 1780. The number of nitrogens with one attached hydrogen (secondary N) is 2. The molecular weight excluding hydrogens is 667 g/mol. The smallest absolute Gasteiger partial charge is 0.315 e. The van der Waals surface area contributed by atoms with Crippen LogP contribution in [0.2, 0.25) is 0 Å². The van der Waals surface area contributed by atoms with Crippen LogP contribution in [-0.2, 0) is 34.3 Å². The lowest BCUT2D eigenvalue weighted by Crippen LogP contribution is -2.74. The Balaban J connectivity index is 1.24. The summed E-state index contributed by atoms with van der Waals surface area (Å²) in [6, 6.07) is 29.1. The van der Waals surface area contributed by atoms with Crippen LogP contribution in [0.25, 0.3) is 0 Å². The molecule has 2 amide bonds. The third-order valence-corrected chi connectivity index (χ3v) is 10.8. The van der Waals surface area contributed by atoms with Crippen molar-refractivity contribution in [3.8, 4) is 0 Å². The van der Waals surface area contributed by atoms with Crippen molar-refractivity contribution in [2.24, 2.45) is 10.6 Å². The SMILES string of the molecule is CON=C(C(=O)NC1C(=O)N2CC(COC(C)=O)(C(=O)O)CS[C@H]12)c1csc(NC(c2ccccc2)(c2ccccc2)c2ccccc2)n1. The molecule has 0 aliphatic carbocycles. The van der Waals surface area contributed by atoms with Crippen LogP contribution in [0.3, 0.4) is 0 Å². The normalized spacial score (nSPS) is 20.4. The number of β-lactam (4-membered cyclic amide) rings is 1. The number of esters is 1. The Hall–Kier alpha value is -5.21. The average Bonchev–Trinajstić information content (AvgIpc) is 3.59. The van der Waals surface area contributed by atoms with Gasteiger partial charge in [-0.3, -0.25) is 19.2 Å². The number of rotatable bonds is 12. The molecule has 12 nitrogen and oxygen atoms in total. The molecule has 2 saturated heterocycles. The fourth-order valence-electron chi connectivity index (χ4n) is 6.03. The van der Waals surface area contributed by atoms with Crippen LogP contribution in [0.15, 0.2) is 102 Å². The largest absolute Gasteiger partial charge is 0.481 e. The van der Waals surface area contributed by atoms with E-state index < -0.39 is 46.1 Å². The van der Waals surface area contributed by atoms with E-state index in [0.717, 1.165) is 16.7 Å². The number of nitrogens with zero attached hydrogens (tertiary/aromatic N) is 3. The second kappa shape index (κ2) is 14.1. The first-order valence-corrected chi connectivity index (χ1v) is 17.2. The van der Waals surface area contributed by atoms with Gasteiger partial charge in [0.15, 0.2) is 10.8 Å². The quantitative estimate of drug-likeness (QED) is 0.0650. The van der Waals surface area contributed by atoms with E-state index in [1.165, 1.54) is 42.0 Å². The molecule has 3 N–H and O–H groups in total. The number of carboxylic acids is 1. The summed E-state index contributed by atoms with van der Waals surface area (Å²) in [5, 5.41) is 22.0. The molecule has 3 aromatic carbocycles. The number of anilines is 1. The molecule has 2 fully saturated rings. The number of thiazole rings is 1. The van der Waals surface area contributed by atoms with Gasteiger partial charge in [-0.25, -0.2) is 4.98 Å². The number of benzene rings is 3. The Morgan fingerprint density at radius 1 is 1.00 bits per heavy atom. The van der Waals surface area contributed by atoms with Crippen molar-refractivity contribution in [2.45, 2.75) is 23.9 Å². The fourth-order valence-corrected chi connectivity index (χ4v) is 8.31. The standard InChI is InChI=1S/C35H33N5O7S2/c1-22(41)47-20-34(32(44)45)19-40-30(43)28(31(40)49-21-34)37-29(42)27(39-46-2)26-18-48-33(36-26)38-35(23-12-6-3-7-13-23,24-14-8-4-9-15-24)25-16-10-5-11-17-25/h3-18,28,31H,19-21H2,1-2H3,(H,36,38)(H,37,42)(H,44,45)/t28?,31-,34?/m1/s1. The van der Waals surface area contributed by atoms with Crippen LogP contribution in [0, 0.1) is 5.41 Å². The lowest BCUT2D eigenvalue weighted by Gasteiger charge is -2.53. The first-order chi connectivity index (χ1) is 23.7. The first kappa shape index (κ1) is 33.7. The average molecular weight is 700 g/mol. The molecule has 14 heteroatoms. The van der Waals surface area contributed by atoms with Gasteiger partial charge < -0.3 is 30.2 Å². The van der Waals surface area contributed by atoms with Crippen LogP contribution in [-0.4, -0.2) is 81.9 Å². The van der Waals surface area contributed by atoms with Gasteiger partial charge in [-0.2, -0.15) is 0 Å². The molecular formula is C35H33N5O7S2. The van der Waals surface area contributed by atoms with Gasteiger partial charge in [0.25, 0.3) is 5.91 Å². The highest BCUT2D eigenvalue weighted by Gasteiger charge is 2.58. The second-order valence-corrected chi connectivity index (χ2v) is 13.6. The number of carbonyl (C=O) groups is 4. The number of aliphatic carboxylic acids is 1. The van der Waals surface area contributed by atoms with Gasteiger partial charge >= 0.3 is 11.9 Å². The summed E-state index contributed by atoms with van der Waals surface area (Å²) in [6.45, 7) is 0.690. The summed E-state index contributed by atoms with van der Waals surface area (Å²) in [6.07, 6.45) is 0. The highest BCUT2D eigenvalue weighted by Crippen LogP contribution is 2.43. The molecule has 49 heavy (non-hydrogen) atoms. The summed E-state index contributed by atoms with van der Waals surface area (Å²) in [7, 11) is 1.31. The Kier molecular flexibility index (Phi) is 9.69. The van der Waals surface area contributed by atoms with Gasteiger partial charge in [-0.05, 0) is 16.7 Å². The van der Waals surface area contributed by atoms with Crippen LogP contribution in [0.5, 0.6) is 0 Å². The molecule has 0 saturated carbocycles. The van der Waals surface area contributed by atoms with Gasteiger partial charge in [0.2, 0.25) is 5.91 Å². The summed E-state index contributed by atoms with van der Waals surface area (Å²) in [5.41, 5.74) is 0.750. The van der Waals surface area contributed by atoms with E-state index in [1.807, 2.05) is 91.0 Å². The molecule has 2 unspecified atom stereocenters. The molecule has 3 atom stereocenters. The Morgan fingerprint density at radius 2 is 1.57 bits per heavy atom. The summed E-state index contributed by atoms with van der Waals surface area (Å²) < 4.78 is 5.01. The zero-order valence-electron chi connectivity index (χ0n) is 26.6. The van der Waals surface area contributed by atoms with E-state index in [2.05, 4.69) is 15.8 Å². The van der Waals surface area contributed by atoms with Crippen molar-refractivity contribution in [3.63, 3.8) is 0 Å². The van der Waals surface area contributed by atoms with Gasteiger partial charge in [-0.15, -0.1) is 23.1 Å². The van der Waals surface area contributed by atoms with Gasteiger partial charge in [0, 0.05) is 24.6 Å². The summed E-state index contributed by atoms with van der Waals surface area (Å²) >= 11 is 2.49. The van der Waals surface area contributed by atoms with Crippen molar-refractivity contribution in [2.75, 3.05) is 31.3 Å².